The number of thioether (sulfide) groups is 1. The van der Waals surface area contributed by atoms with Gasteiger partial charge in [0.05, 0.1) is 16.9 Å². The van der Waals surface area contributed by atoms with Crippen LogP contribution in [0, 0.1) is 13.8 Å². The lowest BCUT2D eigenvalue weighted by Crippen LogP contribution is -2.17. The minimum Gasteiger partial charge on any atom is -0.489 e. The summed E-state index contributed by atoms with van der Waals surface area (Å²) in [6.07, 6.45) is 1.95. The smallest absolute Gasteiger partial charge is 0.255 e. The fourth-order valence-corrected chi connectivity index (χ4v) is 3.65. The van der Waals surface area contributed by atoms with Gasteiger partial charge in [0.25, 0.3) is 5.91 Å². The molecule has 0 saturated heterocycles. The molecule has 8 heteroatoms. The number of carbonyl (C=O) groups excluding carboxylic acids is 1. The van der Waals surface area contributed by atoms with E-state index >= 15 is 0 Å². The number of nitrogens with zero attached hydrogens (tertiary/aromatic N) is 1. The second kappa shape index (κ2) is 8.71. The van der Waals surface area contributed by atoms with E-state index in [1.165, 1.54) is 11.8 Å². The molecule has 156 valence electrons. The number of hydrogen-bond acceptors (Lipinski definition) is 7. The number of amides is 1. The molecule has 1 aromatic heterocycles. The van der Waals surface area contributed by atoms with Crippen LogP contribution in [0.1, 0.15) is 27.4 Å². The Kier molecular flexibility index (Phi) is 5.85. The van der Waals surface area contributed by atoms with Gasteiger partial charge < -0.3 is 24.1 Å². The van der Waals surface area contributed by atoms with Crippen LogP contribution in [0.3, 0.4) is 0 Å². The molecule has 1 amide bonds. The molecule has 0 unspecified atom stereocenters. The maximum atomic E-state index is 12.7. The quantitative estimate of drug-likeness (QED) is 0.576. The van der Waals surface area contributed by atoms with Crippen LogP contribution in [-0.2, 0) is 6.61 Å². The second-order valence-electron chi connectivity index (χ2n) is 6.77. The van der Waals surface area contributed by atoms with Crippen LogP contribution in [0.25, 0.3) is 0 Å². The molecular formula is C22H22N2O5S. The third-order valence-corrected chi connectivity index (χ3v) is 5.57. The van der Waals surface area contributed by atoms with Gasteiger partial charge >= 0.3 is 0 Å². The predicted molar refractivity (Wildman–Crippen MR) is 114 cm³/mol. The van der Waals surface area contributed by atoms with Crippen molar-refractivity contribution in [2.45, 2.75) is 25.3 Å². The Balaban J connectivity index is 1.44. The number of rotatable bonds is 6. The molecule has 0 atom stereocenters. The Morgan fingerprint density at radius 1 is 1.13 bits per heavy atom. The normalized spacial score (nSPS) is 12.5. The van der Waals surface area contributed by atoms with Crippen LogP contribution in [-0.4, -0.2) is 30.5 Å². The fourth-order valence-electron chi connectivity index (χ4n) is 3.10. The number of benzene rings is 2. The first kappa shape index (κ1) is 20.2. The van der Waals surface area contributed by atoms with Crippen molar-refractivity contribution >= 4 is 23.4 Å². The van der Waals surface area contributed by atoms with Crippen molar-refractivity contribution in [2.75, 3.05) is 24.8 Å². The van der Waals surface area contributed by atoms with E-state index in [1.807, 2.05) is 26.2 Å². The zero-order valence-corrected chi connectivity index (χ0v) is 17.8. The zero-order chi connectivity index (χ0) is 21.1. The summed E-state index contributed by atoms with van der Waals surface area (Å²) in [5.74, 6) is 2.53. The molecule has 2 heterocycles. The lowest BCUT2D eigenvalue weighted by atomic mass is 10.2. The lowest BCUT2D eigenvalue weighted by Gasteiger charge is -2.21. The summed E-state index contributed by atoms with van der Waals surface area (Å²) in [4.78, 5) is 13.7. The highest BCUT2D eigenvalue weighted by Crippen LogP contribution is 2.39. The molecule has 1 aliphatic rings. The van der Waals surface area contributed by atoms with E-state index in [4.69, 9.17) is 18.7 Å². The summed E-state index contributed by atoms with van der Waals surface area (Å²) in [6, 6.07) is 10.7. The number of ether oxygens (including phenoxy) is 3. The van der Waals surface area contributed by atoms with Gasteiger partial charge in [-0.15, -0.1) is 11.8 Å². The van der Waals surface area contributed by atoms with E-state index in [-0.39, 0.29) is 5.91 Å². The summed E-state index contributed by atoms with van der Waals surface area (Å²) >= 11 is 1.53. The van der Waals surface area contributed by atoms with Crippen LogP contribution in [0.5, 0.6) is 17.2 Å². The topological polar surface area (TPSA) is 82.8 Å². The van der Waals surface area contributed by atoms with Crippen LogP contribution >= 0.6 is 11.8 Å². The van der Waals surface area contributed by atoms with Gasteiger partial charge in [-0.2, -0.15) is 0 Å². The molecule has 0 aliphatic carbocycles. The first-order chi connectivity index (χ1) is 14.5. The van der Waals surface area contributed by atoms with E-state index in [1.54, 1.807) is 30.3 Å². The number of hydrogen-bond donors (Lipinski definition) is 1. The van der Waals surface area contributed by atoms with Gasteiger partial charge in [-0.3, -0.25) is 4.79 Å². The Morgan fingerprint density at radius 3 is 2.47 bits per heavy atom. The van der Waals surface area contributed by atoms with Crippen molar-refractivity contribution in [3.05, 3.63) is 59.0 Å². The summed E-state index contributed by atoms with van der Waals surface area (Å²) in [5, 5.41) is 6.88. The molecule has 0 fully saturated rings. The lowest BCUT2D eigenvalue weighted by molar-refractivity contribution is 0.102. The highest BCUT2D eigenvalue weighted by atomic mass is 32.2. The number of nitrogens with one attached hydrogen (secondary N) is 1. The van der Waals surface area contributed by atoms with Gasteiger partial charge in [-0.25, -0.2) is 0 Å². The van der Waals surface area contributed by atoms with Gasteiger partial charge in [0, 0.05) is 16.5 Å². The summed E-state index contributed by atoms with van der Waals surface area (Å²) < 4.78 is 22.2. The molecule has 4 rings (SSSR count). The van der Waals surface area contributed by atoms with Gasteiger partial charge in [0.1, 0.15) is 31.3 Å². The highest BCUT2D eigenvalue weighted by Gasteiger charge is 2.17. The Labute approximate surface area is 178 Å². The van der Waals surface area contributed by atoms with Gasteiger partial charge in [0.15, 0.2) is 11.5 Å². The minimum atomic E-state index is -0.209. The van der Waals surface area contributed by atoms with Gasteiger partial charge in [-0.1, -0.05) is 5.16 Å². The first-order valence-corrected chi connectivity index (χ1v) is 10.7. The number of anilines is 1. The molecule has 1 aliphatic heterocycles. The Morgan fingerprint density at radius 2 is 1.83 bits per heavy atom. The Hall–Kier alpha value is -3.13. The maximum Gasteiger partial charge on any atom is 0.255 e. The van der Waals surface area contributed by atoms with Crippen molar-refractivity contribution in [1.29, 1.82) is 0 Å². The molecule has 2 aromatic carbocycles. The highest BCUT2D eigenvalue weighted by molar-refractivity contribution is 7.98. The second-order valence-corrected chi connectivity index (χ2v) is 7.61. The summed E-state index contributed by atoms with van der Waals surface area (Å²) in [7, 11) is 0. The number of aryl methyl sites for hydroxylation is 2. The van der Waals surface area contributed by atoms with E-state index in [9.17, 15) is 4.79 Å². The van der Waals surface area contributed by atoms with E-state index in [0.717, 1.165) is 21.9 Å². The summed E-state index contributed by atoms with van der Waals surface area (Å²) in [5.41, 5.74) is 2.96. The molecule has 1 N–H and O–H groups in total. The van der Waals surface area contributed by atoms with Gasteiger partial charge in [-0.05, 0) is 50.4 Å². The molecule has 3 aromatic rings. The standard InChI is InChI=1S/C22H22N2O5S/c1-13-17(14(2)29-24-13)12-28-16-6-4-15(5-7-16)22(25)23-18-10-19-20(11-21(18)30-3)27-9-8-26-19/h4-7,10-11H,8-9,12H2,1-3H3,(H,23,25). The van der Waals surface area contributed by atoms with Crippen LogP contribution < -0.4 is 19.5 Å². The summed E-state index contributed by atoms with van der Waals surface area (Å²) in [6.45, 7) is 5.11. The predicted octanol–water partition coefficient (Wildman–Crippen LogP) is 4.62. The average molecular weight is 426 g/mol. The van der Waals surface area contributed by atoms with Crippen molar-refractivity contribution < 1.29 is 23.5 Å². The fraction of sp³-hybridized carbons (Fsp3) is 0.273. The zero-order valence-electron chi connectivity index (χ0n) is 17.0. The molecule has 0 radical (unpaired) electrons. The van der Waals surface area contributed by atoms with Crippen molar-refractivity contribution in [3.8, 4) is 17.2 Å². The molecule has 0 saturated carbocycles. The molecular weight excluding hydrogens is 404 g/mol. The Bertz CT molecular complexity index is 1040. The molecule has 30 heavy (non-hydrogen) atoms. The van der Waals surface area contributed by atoms with E-state index < -0.39 is 0 Å². The van der Waals surface area contributed by atoms with Crippen LogP contribution in [0.15, 0.2) is 45.8 Å². The average Bonchev–Trinajstić information content (AvgIpc) is 3.09. The maximum absolute atomic E-state index is 12.7. The SMILES string of the molecule is CSc1cc2c(cc1NC(=O)c1ccc(OCc3c(C)noc3C)cc1)OCCO2. The number of fused-ring (bicyclic) bond motifs is 1. The number of aromatic nitrogens is 1. The van der Waals surface area contributed by atoms with Crippen molar-refractivity contribution in [3.63, 3.8) is 0 Å². The third-order valence-electron chi connectivity index (χ3n) is 4.79. The first-order valence-electron chi connectivity index (χ1n) is 9.48. The van der Waals surface area contributed by atoms with E-state index in [2.05, 4.69) is 10.5 Å². The minimum absolute atomic E-state index is 0.209. The largest absolute Gasteiger partial charge is 0.489 e. The molecule has 7 nitrogen and oxygen atoms in total. The van der Waals surface area contributed by atoms with Crippen molar-refractivity contribution in [1.82, 2.24) is 5.16 Å². The van der Waals surface area contributed by atoms with Gasteiger partial charge in [0.2, 0.25) is 0 Å². The monoisotopic (exact) mass is 426 g/mol. The molecule has 0 spiro atoms. The van der Waals surface area contributed by atoms with Crippen molar-refractivity contribution in [2.24, 2.45) is 0 Å². The molecule has 0 bridgehead atoms. The van der Waals surface area contributed by atoms with Crippen LogP contribution in [0.4, 0.5) is 5.69 Å². The third kappa shape index (κ3) is 4.23. The number of carbonyl (C=O) groups is 1. The van der Waals surface area contributed by atoms with E-state index in [0.29, 0.717) is 48.3 Å². The van der Waals surface area contributed by atoms with Crippen LogP contribution in [0.2, 0.25) is 0 Å².